The molecule has 1 heterocycles. The normalized spacial score (nSPS) is 20.4. The van der Waals surface area contributed by atoms with E-state index in [0.717, 1.165) is 17.0 Å². The zero-order valence-corrected chi connectivity index (χ0v) is 12.8. The fraction of sp³-hybridized carbons (Fsp3) is 0.400. The van der Waals surface area contributed by atoms with E-state index in [0.29, 0.717) is 0 Å². The third-order valence-electron chi connectivity index (χ3n) is 4.06. The number of hydrogen-bond acceptors (Lipinski definition) is 3. The topological polar surface area (TPSA) is 86.7 Å². The van der Waals surface area contributed by atoms with E-state index in [9.17, 15) is 31.9 Å². The van der Waals surface area contributed by atoms with Gasteiger partial charge in [0.05, 0.1) is 6.54 Å². The molecule has 1 fully saturated rings. The summed E-state index contributed by atoms with van der Waals surface area (Å²) in [4.78, 5) is 35.6. The average Bonchev–Trinajstić information content (AvgIpc) is 2.99. The Balaban J connectivity index is 1.98. The lowest BCUT2D eigenvalue weighted by Gasteiger charge is -2.27. The predicted molar refractivity (Wildman–Crippen MR) is 76.1 cm³/mol. The molecule has 0 spiro atoms. The lowest BCUT2D eigenvalue weighted by molar-refractivity contribution is -0.227. The minimum absolute atomic E-state index is 0.0515. The van der Waals surface area contributed by atoms with Crippen LogP contribution < -0.4 is 5.32 Å². The fourth-order valence-corrected chi connectivity index (χ4v) is 2.55. The number of carbonyl (C=O) groups excluding carboxylic acids is 2. The summed E-state index contributed by atoms with van der Waals surface area (Å²) in [7, 11) is 0. The first-order valence-electron chi connectivity index (χ1n) is 7.18. The van der Waals surface area contributed by atoms with Gasteiger partial charge in [-0.3, -0.25) is 14.4 Å². The van der Waals surface area contributed by atoms with Crippen molar-refractivity contribution in [3.05, 3.63) is 35.6 Å². The summed E-state index contributed by atoms with van der Waals surface area (Å²) in [5, 5.41) is 11.1. The Morgan fingerprint density at radius 1 is 1.28 bits per heavy atom. The van der Waals surface area contributed by atoms with E-state index in [-0.39, 0.29) is 12.1 Å². The van der Waals surface area contributed by atoms with Crippen LogP contribution in [0.1, 0.15) is 16.8 Å². The molecule has 1 aromatic rings. The molecular weight excluding hydrogens is 348 g/mol. The molecular formula is C15H14F4N2O4. The molecule has 1 aliphatic heterocycles. The Morgan fingerprint density at radius 3 is 2.48 bits per heavy atom. The van der Waals surface area contributed by atoms with Crippen LogP contribution in [0.3, 0.4) is 0 Å². The number of nitrogens with zero attached hydrogens (tertiary/aromatic N) is 1. The summed E-state index contributed by atoms with van der Waals surface area (Å²) in [6.45, 7) is -2.02. The number of likely N-dealkylation sites (tertiary alicyclic amines) is 1. The number of benzene rings is 1. The lowest BCUT2D eigenvalue weighted by atomic mass is 9.86. The molecule has 0 aliphatic carbocycles. The highest BCUT2D eigenvalue weighted by Gasteiger charge is 2.64. The zero-order valence-electron chi connectivity index (χ0n) is 12.8. The minimum Gasteiger partial charge on any atom is -0.481 e. The first kappa shape index (κ1) is 18.7. The molecule has 0 aromatic heterocycles. The molecule has 0 radical (unpaired) electrons. The van der Waals surface area contributed by atoms with Gasteiger partial charge in [0, 0.05) is 18.7 Å². The molecule has 1 aromatic carbocycles. The van der Waals surface area contributed by atoms with Gasteiger partial charge in [-0.2, -0.15) is 13.2 Å². The van der Waals surface area contributed by atoms with E-state index in [4.69, 9.17) is 5.11 Å². The second kappa shape index (κ2) is 6.69. The van der Waals surface area contributed by atoms with Crippen molar-refractivity contribution >= 4 is 17.8 Å². The molecule has 25 heavy (non-hydrogen) atoms. The maximum absolute atomic E-state index is 13.1. The van der Waals surface area contributed by atoms with Gasteiger partial charge >= 0.3 is 12.1 Å². The monoisotopic (exact) mass is 362 g/mol. The summed E-state index contributed by atoms with van der Waals surface area (Å²) < 4.78 is 52.2. The number of alkyl halides is 3. The predicted octanol–water partition coefficient (Wildman–Crippen LogP) is 1.42. The van der Waals surface area contributed by atoms with Gasteiger partial charge < -0.3 is 15.3 Å². The van der Waals surface area contributed by atoms with Crippen molar-refractivity contribution in [2.75, 3.05) is 19.6 Å². The van der Waals surface area contributed by atoms with Crippen molar-refractivity contribution in [3.63, 3.8) is 0 Å². The molecule has 0 saturated carbocycles. The van der Waals surface area contributed by atoms with E-state index in [2.05, 4.69) is 5.32 Å². The number of halogens is 4. The number of carbonyl (C=O) groups is 3. The van der Waals surface area contributed by atoms with Crippen molar-refractivity contribution in [1.29, 1.82) is 0 Å². The molecule has 2 N–H and O–H groups in total. The first-order valence-corrected chi connectivity index (χ1v) is 7.18. The molecule has 1 atom stereocenters. The number of hydrogen-bond donors (Lipinski definition) is 2. The molecule has 2 rings (SSSR count). The van der Waals surface area contributed by atoms with Gasteiger partial charge in [0.25, 0.3) is 5.91 Å². The Morgan fingerprint density at radius 2 is 1.96 bits per heavy atom. The van der Waals surface area contributed by atoms with E-state index in [1.165, 1.54) is 12.1 Å². The van der Waals surface area contributed by atoms with Crippen molar-refractivity contribution in [2.45, 2.75) is 12.6 Å². The van der Waals surface area contributed by atoms with Crippen LogP contribution in [-0.4, -0.2) is 53.6 Å². The zero-order chi connectivity index (χ0) is 18.8. The molecule has 1 unspecified atom stereocenters. The Hall–Kier alpha value is -2.65. The number of amides is 2. The van der Waals surface area contributed by atoms with Gasteiger partial charge in [-0.15, -0.1) is 0 Å². The average molecular weight is 362 g/mol. The molecule has 136 valence electrons. The van der Waals surface area contributed by atoms with Gasteiger partial charge in [0.2, 0.25) is 5.91 Å². The third-order valence-corrected chi connectivity index (χ3v) is 4.06. The highest BCUT2D eigenvalue weighted by Crippen LogP contribution is 2.45. The van der Waals surface area contributed by atoms with E-state index in [1.54, 1.807) is 0 Å². The van der Waals surface area contributed by atoms with Gasteiger partial charge in [-0.05, 0) is 24.6 Å². The fourth-order valence-electron chi connectivity index (χ4n) is 2.55. The van der Waals surface area contributed by atoms with E-state index in [1.807, 2.05) is 0 Å². The maximum Gasteiger partial charge on any atom is 0.406 e. The quantitative estimate of drug-likeness (QED) is 0.794. The first-order chi connectivity index (χ1) is 11.6. The molecule has 10 heteroatoms. The van der Waals surface area contributed by atoms with Crippen LogP contribution in [0, 0.1) is 11.2 Å². The number of carboxylic acids is 1. The van der Waals surface area contributed by atoms with Gasteiger partial charge in [0.1, 0.15) is 5.82 Å². The van der Waals surface area contributed by atoms with Crippen molar-refractivity contribution in [1.82, 2.24) is 10.2 Å². The number of aliphatic carboxylic acids is 1. The molecule has 1 saturated heterocycles. The Labute approximate surface area is 139 Å². The largest absolute Gasteiger partial charge is 0.481 e. The van der Waals surface area contributed by atoms with Crippen LogP contribution in [0.15, 0.2) is 24.3 Å². The van der Waals surface area contributed by atoms with Crippen LogP contribution in [0.4, 0.5) is 17.6 Å². The Kier molecular flexibility index (Phi) is 5.00. The molecule has 2 amide bonds. The van der Waals surface area contributed by atoms with Crippen LogP contribution in [-0.2, 0) is 9.59 Å². The van der Waals surface area contributed by atoms with Crippen molar-refractivity contribution < 1.29 is 37.1 Å². The van der Waals surface area contributed by atoms with Crippen molar-refractivity contribution in [2.24, 2.45) is 5.41 Å². The summed E-state index contributed by atoms with van der Waals surface area (Å²) in [6.07, 6.45) is -5.76. The van der Waals surface area contributed by atoms with E-state index >= 15 is 0 Å². The second-order valence-corrected chi connectivity index (χ2v) is 5.64. The maximum atomic E-state index is 13.1. The van der Waals surface area contributed by atoms with Gasteiger partial charge in [-0.1, -0.05) is 6.07 Å². The highest BCUT2D eigenvalue weighted by molar-refractivity contribution is 5.96. The summed E-state index contributed by atoms with van der Waals surface area (Å²) in [6, 6.07) is 4.65. The Bertz CT molecular complexity index is 707. The summed E-state index contributed by atoms with van der Waals surface area (Å²) in [5.74, 6) is -4.32. The van der Waals surface area contributed by atoms with Gasteiger partial charge in [0.15, 0.2) is 5.41 Å². The number of rotatable bonds is 4. The SMILES string of the molecule is O=C(NCC(=O)N1CCC(C(=O)O)(C(F)(F)F)C1)c1cccc(F)c1. The van der Waals surface area contributed by atoms with Crippen LogP contribution in [0.2, 0.25) is 0 Å². The molecule has 1 aliphatic rings. The van der Waals surface area contributed by atoms with Crippen LogP contribution in [0.25, 0.3) is 0 Å². The standard InChI is InChI=1S/C15H14F4N2O4/c16-10-3-1-2-9(6-10)12(23)20-7-11(22)21-5-4-14(8-21,13(24)25)15(17,18)19/h1-3,6H,4-5,7-8H2,(H,20,23)(H,24,25). The second-order valence-electron chi connectivity index (χ2n) is 5.64. The molecule has 0 bridgehead atoms. The minimum atomic E-state index is -5.00. The summed E-state index contributed by atoms with van der Waals surface area (Å²) in [5.41, 5.74) is -3.06. The highest BCUT2D eigenvalue weighted by atomic mass is 19.4. The van der Waals surface area contributed by atoms with Gasteiger partial charge in [-0.25, -0.2) is 4.39 Å². The van der Waals surface area contributed by atoms with Crippen LogP contribution >= 0.6 is 0 Å². The van der Waals surface area contributed by atoms with Crippen LogP contribution in [0.5, 0.6) is 0 Å². The molecule has 6 nitrogen and oxygen atoms in total. The summed E-state index contributed by atoms with van der Waals surface area (Å²) >= 11 is 0. The van der Waals surface area contributed by atoms with Crippen molar-refractivity contribution in [3.8, 4) is 0 Å². The number of nitrogens with one attached hydrogen (secondary N) is 1. The van der Waals surface area contributed by atoms with E-state index < -0.39 is 54.7 Å². The smallest absolute Gasteiger partial charge is 0.406 e. The third kappa shape index (κ3) is 3.72. The lowest BCUT2D eigenvalue weighted by Crippen LogP contribution is -2.48. The number of carboxylic acid groups (broad SMARTS) is 1.